The molecule has 2 rings (SSSR count). The normalized spacial score (nSPS) is 20.6. The van der Waals surface area contributed by atoms with Gasteiger partial charge in [0.25, 0.3) is 5.91 Å². The summed E-state index contributed by atoms with van der Waals surface area (Å²) < 4.78 is 0. The Labute approximate surface area is 117 Å². The lowest BCUT2D eigenvalue weighted by molar-refractivity contribution is 0.0907. The van der Waals surface area contributed by atoms with Crippen LogP contribution in [0.4, 0.5) is 0 Å². The number of rotatable bonds is 3. The maximum Gasteiger partial charge on any atom is 0.270 e. The number of amides is 1. The van der Waals surface area contributed by atoms with Gasteiger partial charge in [-0.1, -0.05) is 5.16 Å². The molecule has 2 heterocycles. The lowest BCUT2D eigenvalue weighted by Gasteiger charge is -2.30. The van der Waals surface area contributed by atoms with Gasteiger partial charge in [0.1, 0.15) is 5.69 Å². The Kier molecular flexibility index (Phi) is 4.52. The van der Waals surface area contributed by atoms with Crippen molar-refractivity contribution in [3.05, 3.63) is 29.6 Å². The van der Waals surface area contributed by atoms with Crippen molar-refractivity contribution in [3.63, 3.8) is 0 Å². The van der Waals surface area contributed by atoms with Gasteiger partial charge in [-0.05, 0) is 38.6 Å². The lowest BCUT2D eigenvalue weighted by Crippen LogP contribution is -2.46. The van der Waals surface area contributed by atoms with Gasteiger partial charge >= 0.3 is 0 Å². The van der Waals surface area contributed by atoms with Gasteiger partial charge < -0.3 is 21.2 Å². The number of piperidine rings is 1. The van der Waals surface area contributed by atoms with Crippen molar-refractivity contribution in [3.8, 4) is 0 Å². The molecule has 0 saturated carbocycles. The molecule has 108 valence electrons. The van der Waals surface area contributed by atoms with Crippen LogP contribution < -0.4 is 11.1 Å². The van der Waals surface area contributed by atoms with Gasteiger partial charge in [0.2, 0.25) is 0 Å². The average Bonchev–Trinajstić information content (AvgIpc) is 2.46. The van der Waals surface area contributed by atoms with Gasteiger partial charge in [-0.25, -0.2) is 0 Å². The molecule has 0 bridgehead atoms. The Morgan fingerprint density at radius 3 is 3.00 bits per heavy atom. The number of nitrogens with two attached hydrogens (primary N) is 1. The number of aromatic nitrogens is 1. The SMILES string of the molecule is CN1CCCC(NC(=O)c2ccc(C(N)=NO)cn2)C1. The van der Waals surface area contributed by atoms with Crippen LogP contribution in [0.25, 0.3) is 0 Å². The molecule has 7 nitrogen and oxygen atoms in total. The zero-order chi connectivity index (χ0) is 14.5. The Morgan fingerprint density at radius 1 is 1.60 bits per heavy atom. The largest absolute Gasteiger partial charge is 0.409 e. The standard InChI is InChI=1S/C13H19N5O2/c1-18-6-2-3-10(8-18)16-13(19)11-5-4-9(7-15-11)12(14)17-20/h4-5,7,10,20H,2-3,6,8H2,1H3,(H2,14,17)(H,16,19). The van der Waals surface area contributed by atoms with Crippen molar-refractivity contribution in [1.29, 1.82) is 0 Å². The third kappa shape index (κ3) is 3.45. The van der Waals surface area contributed by atoms with Crippen LogP contribution in [0.5, 0.6) is 0 Å². The van der Waals surface area contributed by atoms with Crippen molar-refractivity contribution in [1.82, 2.24) is 15.2 Å². The summed E-state index contributed by atoms with van der Waals surface area (Å²) in [7, 11) is 2.04. The monoisotopic (exact) mass is 277 g/mol. The molecule has 0 spiro atoms. The molecule has 1 aliphatic rings. The van der Waals surface area contributed by atoms with Crippen LogP contribution in [0.3, 0.4) is 0 Å². The van der Waals surface area contributed by atoms with Gasteiger partial charge in [-0.3, -0.25) is 9.78 Å². The van der Waals surface area contributed by atoms with Gasteiger partial charge in [0.15, 0.2) is 5.84 Å². The summed E-state index contributed by atoms with van der Waals surface area (Å²) in [6, 6.07) is 3.32. The van der Waals surface area contributed by atoms with Crippen molar-refractivity contribution >= 4 is 11.7 Å². The first kappa shape index (κ1) is 14.3. The third-order valence-electron chi connectivity index (χ3n) is 3.36. The smallest absolute Gasteiger partial charge is 0.270 e. The Balaban J connectivity index is 1.98. The number of likely N-dealkylation sites (N-methyl/N-ethyl adjacent to an activating group) is 1. The first-order valence-electron chi connectivity index (χ1n) is 6.53. The van der Waals surface area contributed by atoms with Crippen molar-refractivity contribution < 1.29 is 10.0 Å². The molecule has 4 N–H and O–H groups in total. The second-order valence-electron chi connectivity index (χ2n) is 4.99. The topological polar surface area (TPSA) is 104 Å². The molecule has 1 aliphatic heterocycles. The van der Waals surface area contributed by atoms with Gasteiger partial charge in [0.05, 0.1) is 0 Å². The molecule has 1 aromatic heterocycles. The second kappa shape index (κ2) is 6.33. The fourth-order valence-electron chi connectivity index (χ4n) is 2.28. The summed E-state index contributed by atoms with van der Waals surface area (Å²) in [5, 5.41) is 14.4. The number of nitrogens with zero attached hydrogens (tertiary/aromatic N) is 3. The molecular weight excluding hydrogens is 258 g/mol. The Bertz CT molecular complexity index is 500. The summed E-state index contributed by atoms with van der Waals surface area (Å²) in [6.07, 6.45) is 3.48. The summed E-state index contributed by atoms with van der Waals surface area (Å²) in [4.78, 5) is 18.3. The highest BCUT2D eigenvalue weighted by molar-refractivity contribution is 5.98. The van der Waals surface area contributed by atoms with Crippen molar-refractivity contribution in [2.75, 3.05) is 20.1 Å². The molecule has 1 saturated heterocycles. The predicted octanol–water partition coefficient (Wildman–Crippen LogP) is 0.000100. The molecular formula is C13H19N5O2. The molecule has 1 aromatic rings. The van der Waals surface area contributed by atoms with E-state index in [9.17, 15) is 4.79 Å². The van der Waals surface area contributed by atoms with E-state index in [0.717, 1.165) is 25.9 Å². The maximum atomic E-state index is 12.1. The second-order valence-corrected chi connectivity index (χ2v) is 4.99. The minimum atomic E-state index is -0.198. The zero-order valence-electron chi connectivity index (χ0n) is 11.4. The van der Waals surface area contributed by atoms with E-state index >= 15 is 0 Å². The van der Waals surface area contributed by atoms with Crippen LogP contribution >= 0.6 is 0 Å². The number of oxime groups is 1. The van der Waals surface area contributed by atoms with E-state index in [-0.39, 0.29) is 17.8 Å². The van der Waals surface area contributed by atoms with E-state index in [4.69, 9.17) is 10.9 Å². The predicted molar refractivity (Wildman–Crippen MR) is 74.7 cm³/mol. The summed E-state index contributed by atoms with van der Waals surface area (Å²) >= 11 is 0. The molecule has 1 unspecified atom stereocenters. The van der Waals surface area contributed by atoms with E-state index in [2.05, 4.69) is 20.4 Å². The number of amidine groups is 1. The lowest BCUT2D eigenvalue weighted by atomic mass is 10.1. The van der Waals surface area contributed by atoms with E-state index in [0.29, 0.717) is 11.3 Å². The average molecular weight is 277 g/mol. The van der Waals surface area contributed by atoms with Gasteiger partial charge in [-0.2, -0.15) is 0 Å². The molecule has 0 aliphatic carbocycles. The highest BCUT2D eigenvalue weighted by Gasteiger charge is 2.20. The first-order chi connectivity index (χ1) is 9.60. The molecule has 1 amide bonds. The first-order valence-corrected chi connectivity index (χ1v) is 6.53. The number of carbonyl (C=O) groups is 1. The summed E-state index contributed by atoms with van der Waals surface area (Å²) in [5.74, 6) is -0.227. The van der Waals surface area contributed by atoms with Crippen LogP contribution in [0, 0.1) is 0 Å². The van der Waals surface area contributed by atoms with Crippen LogP contribution in [0.2, 0.25) is 0 Å². The zero-order valence-corrected chi connectivity index (χ0v) is 11.4. The van der Waals surface area contributed by atoms with Crippen molar-refractivity contribution in [2.24, 2.45) is 10.9 Å². The van der Waals surface area contributed by atoms with E-state index in [1.807, 2.05) is 7.05 Å². The number of carbonyl (C=O) groups excluding carboxylic acids is 1. The fraction of sp³-hybridized carbons (Fsp3) is 0.462. The van der Waals surface area contributed by atoms with E-state index in [1.165, 1.54) is 6.20 Å². The fourth-order valence-corrected chi connectivity index (χ4v) is 2.28. The number of nitrogens with one attached hydrogen (secondary N) is 1. The highest BCUT2D eigenvalue weighted by Crippen LogP contribution is 2.09. The third-order valence-corrected chi connectivity index (χ3v) is 3.36. The molecule has 1 fully saturated rings. The minimum absolute atomic E-state index is 0.0293. The molecule has 1 atom stereocenters. The summed E-state index contributed by atoms with van der Waals surface area (Å²) in [6.45, 7) is 1.92. The number of likely N-dealkylation sites (tertiary alicyclic amines) is 1. The van der Waals surface area contributed by atoms with Gasteiger partial charge in [0, 0.05) is 24.3 Å². The van der Waals surface area contributed by atoms with Gasteiger partial charge in [-0.15, -0.1) is 0 Å². The number of pyridine rings is 1. The number of hydrogen-bond acceptors (Lipinski definition) is 5. The summed E-state index contributed by atoms with van der Waals surface area (Å²) in [5.41, 5.74) is 6.24. The van der Waals surface area contributed by atoms with Crippen LogP contribution in [-0.2, 0) is 0 Å². The van der Waals surface area contributed by atoms with E-state index < -0.39 is 0 Å². The highest BCUT2D eigenvalue weighted by atomic mass is 16.4. The Hall–Kier alpha value is -2.15. The molecule has 0 radical (unpaired) electrons. The van der Waals surface area contributed by atoms with Crippen molar-refractivity contribution in [2.45, 2.75) is 18.9 Å². The molecule has 0 aromatic carbocycles. The molecule has 7 heteroatoms. The van der Waals surface area contributed by atoms with E-state index in [1.54, 1.807) is 12.1 Å². The number of hydrogen-bond donors (Lipinski definition) is 3. The molecule has 20 heavy (non-hydrogen) atoms. The minimum Gasteiger partial charge on any atom is -0.409 e. The Morgan fingerprint density at radius 2 is 2.40 bits per heavy atom. The maximum absolute atomic E-state index is 12.1. The van der Waals surface area contributed by atoms with Crippen LogP contribution in [0.1, 0.15) is 28.9 Å². The van der Waals surface area contributed by atoms with Crippen LogP contribution in [-0.4, -0.2) is 53.0 Å². The quantitative estimate of drug-likeness (QED) is 0.312. The van der Waals surface area contributed by atoms with Crippen LogP contribution in [0.15, 0.2) is 23.5 Å².